The molecule has 6 heteroatoms. The quantitative estimate of drug-likeness (QED) is 0.158. The number of aliphatic hydroxyl groups excluding tert-OH is 2. The molecule has 220 valence electrons. The first-order chi connectivity index (χ1) is 19.3. The third kappa shape index (κ3) is 7.94. The number of benzene rings is 1. The Kier molecular flexibility index (Phi) is 10.8. The van der Waals surface area contributed by atoms with E-state index in [-0.39, 0.29) is 17.1 Å². The van der Waals surface area contributed by atoms with Gasteiger partial charge in [0.2, 0.25) is 0 Å². The zero-order valence-corrected chi connectivity index (χ0v) is 24.6. The molecule has 0 spiro atoms. The van der Waals surface area contributed by atoms with Crippen LogP contribution in [0.4, 0.5) is 0 Å². The van der Waals surface area contributed by atoms with E-state index in [1.165, 1.54) is 17.7 Å². The number of furan rings is 1. The fraction of sp³-hybridized carbons (Fsp3) is 0.588. The Morgan fingerprint density at radius 3 is 2.42 bits per heavy atom. The highest BCUT2D eigenvalue weighted by molar-refractivity contribution is 5.42. The maximum atomic E-state index is 10.6. The first-order valence-corrected chi connectivity index (χ1v) is 15.4. The maximum Gasteiger partial charge on any atom is 0.161 e. The fourth-order valence-electron chi connectivity index (χ4n) is 5.91. The Morgan fingerprint density at radius 1 is 0.950 bits per heavy atom. The summed E-state index contributed by atoms with van der Waals surface area (Å²) >= 11 is 0. The van der Waals surface area contributed by atoms with Gasteiger partial charge in [0.15, 0.2) is 11.5 Å². The van der Waals surface area contributed by atoms with Crippen molar-refractivity contribution in [1.29, 1.82) is 0 Å². The third-order valence-electron chi connectivity index (χ3n) is 8.79. The summed E-state index contributed by atoms with van der Waals surface area (Å²) in [6.45, 7) is 6.51. The van der Waals surface area contributed by atoms with E-state index in [4.69, 9.17) is 9.15 Å². The van der Waals surface area contributed by atoms with Crippen molar-refractivity contribution in [3.05, 3.63) is 70.9 Å². The molecular formula is C34H49NO5. The van der Waals surface area contributed by atoms with Crippen molar-refractivity contribution in [1.82, 2.24) is 4.98 Å². The molecule has 0 amide bonds. The van der Waals surface area contributed by atoms with E-state index < -0.39 is 12.2 Å². The number of aromatic amines is 1. The Morgan fingerprint density at radius 2 is 1.70 bits per heavy atom. The van der Waals surface area contributed by atoms with Crippen molar-refractivity contribution in [2.24, 2.45) is 0 Å². The average Bonchev–Trinajstić information content (AvgIpc) is 3.64. The monoisotopic (exact) mass is 551 g/mol. The lowest BCUT2D eigenvalue weighted by Gasteiger charge is -2.36. The van der Waals surface area contributed by atoms with Crippen molar-refractivity contribution in [2.45, 2.75) is 121 Å². The predicted molar refractivity (Wildman–Crippen MR) is 159 cm³/mol. The molecule has 3 atom stereocenters. The molecule has 1 saturated carbocycles. The lowest BCUT2D eigenvalue weighted by Crippen LogP contribution is -2.36. The van der Waals surface area contributed by atoms with Gasteiger partial charge in [-0.3, -0.25) is 0 Å². The summed E-state index contributed by atoms with van der Waals surface area (Å²) in [6, 6.07) is 12.1. The van der Waals surface area contributed by atoms with Gasteiger partial charge in [-0.15, -0.1) is 0 Å². The van der Waals surface area contributed by atoms with E-state index in [9.17, 15) is 15.3 Å². The number of ether oxygens (including phenoxy) is 1. The van der Waals surface area contributed by atoms with Gasteiger partial charge in [-0.25, -0.2) is 0 Å². The molecule has 1 aromatic carbocycles. The van der Waals surface area contributed by atoms with Crippen LogP contribution in [0.5, 0.6) is 11.5 Å². The number of phenols is 1. The number of H-pyrrole nitrogens is 1. The summed E-state index contributed by atoms with van der Waals surface area (Å²) in [5, 5.41) is 30.3. The highest BCUT2D eigenvalue weighted by atomic mass is 16.5. The van der Waals surface area contributed by atoms with Crippen LogP contribution in [0.1, 0.15) is 113 Å². The Bertz CT molecular complexity index is 1170. The van der Waals surface area contributed by atoms with Crippen molar-refractivity contribution >= 4 is 0 Å². The first-order valence-electron chi connectivity index (χ1n) is 15.4. The molecule has 2 heterocycles. The van der Waals surface area contributed by atoms with Crippen LogP contribution >= 0.6 is 0 Å². The normalized spacial score (nSPS) is 17.4. The maximum absolute atomic E-state index is 10.6. The second-order valence-electron chi connectivity index (χ2n) is 12.0. The minimum absolute atomic E-state index is 0.124. The Hall–Kier alpha value is -2.70. The number of nitrogens with one attached hydrogen (secondary N) is 1. The summed E-state index contributed by atoms with van der Waals surface area (Å²) < 4.78 is 12.4. The number of aliphatic hydroxyl groups is 2. The molecule has 1 aliphatic carbocycles. The third-order valence-corrected chi connectivity index (χ3v) is 8.79. The van der Waals surface area contributed by atoms with Gasteiger partial charge < -0.3 is 29.5 Å². The number of aromatic nitrogens is 1. The summed E-state index contributed by atoms with van der Waals surface area (Å²) in [7, 11) is 0. The molecule has 40 heavy (non-hydrogen) atoms. The van der Waals surface area contributed by atoms with Crippen molar-refractivity contribution in [2.75, 3.05) is 6.61 Å². The van der Waals surface area contributed by atoms with E-state index in [1.807, 2.05) is 12.1 Å². The number of hydrogen-bond donors (Lipinski definition) is 4. The summed E-state index contributed by atoms with van der Waals surface area (Å²) in [5.41, 5.74) is 3.41. The molecule has 1 aliphatic rings. The first kappa shape index (κ1) is 30.3. The van der Waals surface area contributed by atoms with Crippen LogP contribution in [0, 0.1) is 0 Å². The second kappa shape index (κ2) is 14.3. The van der Waals surface area contributed by atoms with Gasteiger partial charge in [-0.1, -0.05) is 45.6 Å². The van der Waals surface area contributed by atoms with E-state index in [0.717, 1.165) is 81.3 Å². The van der Waals surface area contributed by atoms with Crippen LogP contribution in [-0.2, 0) is 24.7 Å². The highest BCUT2D eigenvalue weighted by Gasteiger charge is 2.36. The number of aryl methyl sites for hydroxylation is 3. The molecule has 0 radical (unpaired) electrons. The number of hydrogen-bond acceptors (Lipinski definition) is 5. The smallest absolute Gasteiger partial charge is 0.161 e. The zero-order valence-electron chi connectivity index (χ0n) is 24.6. The van der Waals surface area contributed by atoms with E-state index in [0.29, 0.717) is 18.8 Å². The highest BCUT2D eigenvalue weighted by Crippen LogP contribution is 2.41. The van der Waals surface area contributed by atoms with Gasteiger partial charge in [-0.2, -0.15) is 0 Å². The minimum atomic E-state index is -0.708. The number of aromatic hydroxyl groups is 1. The van der Waals surface area contributed by atoms with Crippen molar-refractivity contribution in [3.63, 3.8) is 0 Å². The number of phenolic OH excluding ortho intramolecular Hbond substituents is 1. The molecule has 0 bridgehead atoms. The number of rotatable bonds is 15. The topological polar surface area (TPSA) is 98.9 Å². The van der Waals surface area contributed by atoms with Gasteiger partial charge in [0.05, 0.1) is 18.8 Å². The van der Waals surface area contributed by atoms with Gasteiger partial charge in [0, 0.05) is 30.1 Å². The molecule has 1 fully saturated rings. The minimum Gasteiger partial charge on any atom is -0.504 e. The molecule has 0 saturated heterocycles. The van der Waals surface area contributed by atoms with Crippen LogP contribution in [0.25, 0.3) is 0 Å². The molecule has 4 rings (SSSR count). The van der Waals surface area contributed by atoms with Crippen LogP contribution in [0.15, 0.2) is 47.0 Å². The molecule has 4 N–H and O–H groups in total. The van der Waals surface area contributed by atoms with Gasteiger partial charge in [0.25, 0.3) is 0 Å². The largest absolute Gasteiger partial charge is 0.504 e. The van der Waals surface area contributed by atoms with Gasteiger partial charge in [-0.05, 0) is 92.8 Å². The standard InChI is InChI=1S/C34H49NO5/c1-4-5-9-28-14-15-29(40-28)13-11-26-12-17-31(38)32(20-26)39-23-34(18-7-6-8-19-34)33-21-27(22-35-33)24(2)10-16-30(37)25(3)36/h12,14-15,17,20-22,24-25,30,35-38H,4-11,13,16,18-19,23H2,1-3H3. The molecule has 0 aliphatic heterocycles. The molecule has 2 aromatic heterocycles. The van der Waals surface area contributed by atoms with E-state index in [1.54, 1.807) is 13.0 Å². The summed E-state index contributed by atoms with van der Waals surface area (Å²) in [6.07, 6.45) is 12.6. The van der Waals surface area contributed by atoms with E-state index >= 15 is 0 Å². The predicted octanol–water partition coefficient (Wildman–Crippen LogP) is 7.35. The van der Waals surface area contributed by atoms with Crippen LogP contribution in [-0.4, -0.2) is 39.1 Å². The van der Waals surface area contributed by atoms with E-state index in [2.05, 4.69) is 43.2 Å². The second-order valence-corrected chi connectivity index (χ2v) is 12.0. The fourth-order valence-corrected chi connectivity index (χ4v) is 5.91. The van der Waals surface area contributed by atoms with Crippen molar-refractivity contribution in [3.8, 4) is 11.5 Å². The molecule has 3 aromatic rings. The lowest BCUT2D eigenvalue weighted by molar-refractivity contribution is 0.0242. The molecular weight excluding hydrogens is 502 g/mol. The Labute approximate surface area is 239 Å². The lowest BCUT2D eigenvalue weighted by atomic mass is 9.72. The zero-order chi connectivity index (χ0) is 28.5. The average molecular weight is 552 g/mol. The summed E-state index contributed by atoms with van der Waals surface area (Å²) in [5.74, 6) is 3.05. The van der Waals surface area contributed by atoms with Crippen molar-refractivity contribution < 1.29 is 24.5 Å². The van der Waals surface area contributed by atoms with Crippen LogP contribution < -0.4 is 4.74 Å². The van der Waals surface area contributed by atoms with Gasteiger partial charge in [0.1, 0.15) is 11.5 Å². The molecule has 3 unspecified atom stereocenters. The van der Waals surface area contributed by atoms with Gasteiger partial charge >= 0.3 is 0 Å². The molecule has 6 nitrogen and oxygen atoms in total. The SMILES string of the molecule is CCCCc1ccc(CCc2ccc(O)c(OCC3(c4cc(C(C)CCC(O)C(C)O)c[nH]4)CCCCC3)c2)o1. The number of unbranched alkanes of at least 4 members (excludes halogenated alkanes) is 1. The Balaban J connectivity index is 1.40. The summed E-state index contributed by atoms with van der Waals surface area (Å²) in [4.78, 5) is 3.56. The van der Waals surface area contributed by atoms with Crippen LogP contribution in [0.2, 0.25) is 0 Å². The van der Waals surface area contributed by atoms with Crippen LogP contribution in [0.3, 0.4) is 0 Å².